The van der Waals surface area contributed by atoms with Gasteiger partial charge < -0.3 is 4.55 Å². The van der Waals surface area contributed by atoms with Crippen LogP contribution in [0.4, 0.5) is 0 Å². The first-order chi connectivity index (χ1) is 5.22. The molecular weight excluding hydrogens is 215 g/mol. The van der Waals surface area contributed by atoms with Crippen LogP contribution in [-0.2, 0) is 24.4 Å². The molecule has 13 heavy (non-hydrogen) atoms. The van der Waals surface area contributed by atoms with Crippen LogP contribution < -0.4 is 18.9 Å². The summed E-state index contributed by atoms with van der Waals surface area (Å²) in [5.74, 6) is 0. The Morgan fingerprint density at radius 2 is 1.69 bits per heavy atom. The summed E-state index contributed by atoms with van der Waals surface area (Å²) in [6.07, 6.45) is 0. The van der Waals surface area contributed by atoms with E-state index in [0.717, 1.165) is 6.92 Å². The van der Waals surface area contributed by atoms with Gasteiger partial charge in [-0.3, -0.25) is 4.18 Å². The number of hydrogen-bond donors (Lipinski definition) is 0. The van der Waals surface area contributed by atoms with E-state index in [2.05, 4.69) is 4.18 Å². The van der Waals surface area contributed by atoms with Crippen molar-refractivity contribution in [2.75, 3.05) is 6.61 Å². The van der Waals surface area contributed by atoms with Crippen molar-refractivity contribution in [2.24, 2.45) is 0 Å². The van der Waals surface area contributed by atoms with Gasteiger partial charge in [-0.1, -0.05) is 0 Å². The summed E-state index contributed by atoms with van der Waals surface area (Å²) in [5, 5.41) is 0. The summed E-state index contributed by atoms with van der Waals surface area (Å²) in [4.78, 5) is 0. The van der Waals surface area contributed by atoms with E-state index >= 15 is 0 Å². The predicted octanol–water partition coefficient (Wildman–Crippen LogP) is -3.75. The van der Waals surface area contributed by atoms with Gasteiger partial charge >= 0.3 is 18.9 Å². The van der Waals surface area contributed by atoms with E-state index in [1.54, 1.807) is 0 Å². The standard InChI is InChI=1S/C4H10O6S2.Li/c1-3-10-12(8,9)4(2)11(5,6)7;/h4H,3H2,1-2H3,(H,5,6,7);/q;+1/p-1. The SMILES string of the molecule is CCOS(=O)(=O)C(C)S(=O)(=O)[O-].[Li+]. The third-order valence-electron chi connectivity index (χ3n) is 1.10. The second-order valence-corrected chi connectivity index (χ2v) is 5.88. The second-order valence-electron chi connectivity index (χ2n) is 1.96. The summed E-state index contributed by atoms with van der Waals surface area (Å²) < 4.78 is 54.3. The zero-order valence-corrected chi connectivity index (χ0v) is 9.18. The van der Waals surface area contributed by atoms with E-state index in [4.69, 9.17) is 0 Å². The molecule has 0 aliphatic carbocycles. The van der Waals surface area contributed by atoms with Gasteiger partial charge in [0.25, 0.3) is 10.1 Å². The molecule has 0 saturated heterocycles. The molecule has 0 bridgehead atoms. The summed E-state index contributed by atoms with van der Waals surface area (Å²) in [6.45, 7) is 1.96. The molecule has 0 aliphatic heterocycles. The molecule has 0 aliphatic rings. The average Bonchev–Trinajstić information content (AvgIpc) is 1.84. The molecule has 0 spiro atoms. The summed E-state index contributed by atoms with van der Waals surface area (Å²) in [6, 6.07) is 0. The molecule has 0 heterocycles. The Labute approximate surface area is 89.7 Å². The van der Waals surface area contributed by atoms with Gasteiger partial charge in [0.05, 0.1) is 6.61 Å². The Hall–Kier alpha value is 0.417. The van der Waals surface area contributed by atoms with Crippen LogP contribution in [0.2, 0.25) is 0 Å². The number of rotatable bonds is 4. The second kappa shape index (κ2) is 5.34. The van der Waals surface area contributed by atoms with E-state index in [1.165, 1.54) is 6.92 Å². The minimum absolute atomic E-state index is 0. The van der Waals surface area contributed by atoms with Crippen LogP contribution in [0, 0.1) is 0 Å². The molecule has 0 saturated carbocycles. The number of hydrogen-bond acceptors (Lipinski definition) is 6. The van der Waals surface area contributed by atoms with Crippen LogP contribution >= 0.6 is 0 Å². The van der Waals surface area contributed by atoms with Gasteiger partial charge in [0.2, 0.25) is 0 Å². The van der Waals surface area contributed by atoms with Crippen LogP contribution in [0.5, 0.6) is 0 Å². The van der Waals surface area contributed by atoms with Crippen molar-refractivity contribution in [1.29, 1.82) is 0 Å². The van der Waals surface area contributed by atoms with Crippen molar-refractivity contribution in [2.45, 2.75) is 18.4 Å². The summed E-state index contributed by atoms with van der Waals surface area (Å²) >= 11 is 0. The zero-order valence-electron chi connectivity index (χ0n) is 7.55. The molecule has 0 amide bonds. The van der Waals surface area contributed by atoms with Crippen molar-refractivity contribution in [1.82, 2.24) is 0 Å². The van der Waals surface area contributed by atoms with Crippen LogP contribution in [-0.4, -0.2) is 32.6 Å². The van der Waals surface area contributed by atoms with Gasteiger partial charge in [-0.2, -0.15) is 8.42 Å². The third-order valence-corrected chi connectivity index (χ3v) is 4.70. The minimum atomic E-state index is -4.85. The van der Waals surface area contributed by atoms with Gasteiger partial charge in [0, 0.05) is 0 Å². The average molecular weight is 224 g/mol. The Morgan fingerprint density at radius 3 is 1.92 bits per heavy atom. The van der Waals surface area contributed by atoms with E-state index in [1.807, 2.05) is 0 Å². The Bertz CT molecular complexity index is 330. The van der Waals surface area contributed by atoms with Gasteiger partial charge in [0.1, 0.15) is 10.1 Å². The van der Waals surface area contributed by atoms with Crippen LogP contribution in [0.1, 0.15) is 13.8 Å². The van der Waals surface area contributed by atoms with Crippen molar-refractivity contribution in [3.63, 3.8) is 0 Å². The van der Waals surface area contributed by atoms with Crippen molar-refractivity contribution >= 4 is 20.2 Å². The van der Waals surface area contributed by atoms with Crippen LogP contribution in [0.15, 0.2) is 0 Å². The van der Waals surface area contributed by atoms with E-state index in [0.29, 0.717) is 0 Å². The molecule has 0 N–H and O–H groups in total. The fourth-order valence-corrected chi connectivity index (χ4v) is 2.25. The first-order valence-electron chi connectivity index (χ1n) is 3.04. The smallest absolute Gasteiger partial charge is 0.747 e. The molecule has 6 nitrogen and oxygen atoms in total. The van der Waals surface area contributed by atoms with Crippen molar-refractivity contribution in [3.05, 3.63) is 0 Å². The van der Waals surface area contributed by atoms with E-state index < -0.39 is 24.8 Å². The third kappa shape index (κ3) is 5.00. The molecule has 0 aromatic rings. The normalized spacial score (nSPS) is 14.7. The molecule has 1 unspecified atom stereocenters. The molecular formula is C4H9LiO6S2. The Balaban J connectivity index is 0. The summed E-state index contributed by atoms with van der Waals surface area (Å²) in [5.41, 5.74) is 0. The van der Waals surface area contributed by atoms with Gasteiger partial charge in [-0.05, 0) is 13.8 Å². The molecule has 0 fully saturated rings. The monoisotopic (exact) mass is 224 g/mol. The maximum absolute atomic E-state index is 10.8. The predicted molar refractivity (Wildman–Crippen MR) is 39.7 cm³/mol. The molecule has 1 atom stereocenters. The van der Waals surface area contributed by atoms with Gasteiger partial charge in [0.15, 0.2) is 4.58 Å². The van der Waals surface area contributed by atoms with E-state index in [-0.39, 0.29) is 25.5 Å². The molecule has 0 aromatic heterocycles. The van der Waals surface area contributed by atoms with Crippen molar-refractivity contribution < 1.29 is 44.4 Å². The topological polar surface area (TPSA) is 101 Å². The first kappa shape index (κ1) is 15.9. The molecule has 0 radical (unpaired) electrons. The maximum Gasteiger partial charge on any atom is 1.00 e. The van der Waals surface area contributed by atoms with Crippen LogP contribution in [0.3, 0.4) is 0 Å². The Morgan fingerprint density at radius 1 is 1.31 bits per heavy atom. The molecule has 9 heteroatoms. The fraction of sp³-hybridized carbons (Fsp3) is 1.00. The van der Waals surface area contributed by atoms with Crippen LogP contribution in [0.25, 0.3) is 0 Å². The first-order valence-corrected chi connectivity index (χ1v) is 5.99. The maximum atomic E-state index is 10.8. The fourth-order valence-electron chi connectivity index (χ4n) is 0.404. The van der Waals surface area contributed by atoms with E-state index in [9.17, 15) is 21.4 Å². The van der Waals surface area contributed by atoms with Crippen molar-refractivity contribution in [3.8, 4) is 0 Å². The quantitative estimate of drug-likeness (QED) is 0.276. The Kier molecular flexibility index (Phi) is 6.51. The van der Waals surface area contributed by atoms with Gasteiger partial charge in [-0.25, -0.2) is 8.42 Å². The minimum Gasteiger partial charge on any atom is -0.747 e. The molecule has 74 valence electrons. The molecule has 0 rings (SSSR count). The largest absolute Gasteiger partial charge is 1.00 e. The zero-order chi connectivity index (χ0) is 9.99. The molecule has 0 aromatic carbocycles. The van der Waals surface area contributed by atoms with Gasteiger partial charge in [-0.15, -0.1) is 0 Å². The summed E-state index contributed by atoms with van der Waals surface area (Å²) in [7, 11) is -9.11.